The first kappa shape index (κ1) is 20.0. The maximum Gasteiger partial charge on any atom is 0.270 e. The standard InChI is InChI=1S/C20H11Br2N3O5/c21-14-4-3-12(25(28)29)9-13(14)19(27)23-11-2-6-18-16(8-11)24-20(30-18)10-1-5-17(26)15(22)7-10/h1-9,26H,(H,23,27). The SMILES string of the molecule is O=C(Nc1ccc2oc(-c3ccc(O)c(Br)c3)nc2c1)c1cc([N+](=O)[O-])ccc1Br. The highest BCUT2D eigenvalue weighted by atomic mass is 79.9. The van der Waals surface area contributed by atoms with E-state index in [4.69, 9.17) is 4.42 Å². The van der Waals surface area contributed by atoms with Gasteiger partial charge in [-0.25, -0.2) is 4.98 Å². The first-order chi connectivity index (χ1) is 14.3. The van der Waals surface area contributed by atoms with Crippen molar-refractivity contribution < 1.29 is 19.2 Å². The van der Waals surface area contributed by atoms with Crippen molar-refractivity contribution in [3.63, 3.8) is 0 Å². The molecular weight excluding hydrogens is 522 g/mol. The van der Waals surface area contributed by atoms with Gasteiger partial charge in [0.05, 0.1) is 15.0 Å². The fourth-order valence-corrected chi connectivity index (χ4v) is 3.57. The molecule has 0 aliphatic heterocycles. The molecule has 0 spiro atoms. The Labute approximate surface area is 185 Å². The predicted molar refractivity (Wildman–Crippen MR) is 118 cm³/mol. The maximum absolute atomic E-state index is 12.6. The van der Waals surface area contributed by atoms with Crippen molar-refractivity contribution in [2.45, 2.75) is 0 Å². The molecule has 10 heteroatoms. The molecule has 3 aromatic carbocycles. The molecule has 0 aliphatic carbocycles. The van der Waals surface area contributed by atoms with Crippen molar-refractivity contribution in [1.29, 1.82) is 0 Å². The van der Waals surface area contributed by atoms with Gasteiger partial charge in [0.25, 0.3) is 11.6 Å². The van der Waals surface area contributed by atoms with Gasteiger partial charge in [-0.2, -0.15) is 0 Å². The molecule has 0 unspecified atom stereocenters. The Hall–Kier alpha value is -3.24. The molecule has 1 aromatic heterocycles. The minimum atomic E-state index is -0.562. The van der Waals surface area contributed by atoms with Crippen LogP contribution >= 0.6 is 31.9 Å². The van der Waals surface area contributed by atoms with Crippen LogP contribution in [0.15, 0.2) is 68.0 Å². The molecule has 0 atom stereocenters. The van der Waals surface area contributed by atoms with Crippen LogP contribution in [0.25, 0.3) is 22.6 Å². The van der Waals surface area contributed by atoms with E-state index in [1.54, 1.807) is 30.3 Å². The van der Waals surface area contributed by atoms with Gasteiger partial charge in [-0.05, 0) is 74.3 Å². The van der Waals surface area contributed by atoms with Crippen LogP contribution in [0.1, 0.15) is 10.4 Å². The smallest absolute Gasteiger partial charge is 0.270 e. The summed E-state index contributed by atoms with van der Waals surface area (Å²) < 4.78 is 6.70. The van der Waals surface area contributed by atoms with Crippen LogP contribution in [-0.2, 0) is 0 Å². The summed E-state index contributed by atoms with van der Waals surface area (Å²) in [5.74, 6) is -0.0427. The Balaban J connectivity index is 1.63. The van der Waals surface area contributed by atoms with Crippen molar-refractivity contribution in [2.24, 2.45) is 0 Å². The third kappa shape index (κ3) is 3.91. The molecule has 30 heavy (non-hydrogen) atoms. The summed E-state index contributed by atoms with van der Waals surface area (Å²) in [5, 5.41) is 23.3. The number of carbonyl (C=O) groups excluding carboxylic acids is 1. The van der Waals surface area contributed by atoms with Gasteiger partial charge in [0.15, 0.2) is 5.58 Å². The van der Waals surface area contributed by atoms with Crippen LogP contribution in [0.4, 0.5) is 11.4 Å². The number of hydrogen-bond donors (Lipinski definition) is 2. The molecule has 0 saturated carbocycles. The highest BCUT2D eigenvalue weighted by molar-refractivity contribution is 9.10. The van der Waals surface area contributed by atoms with E-state index >= 15 is 0 Å². The average Bonchev–Trinajstić information content (AvgIpc) is 3.13. The Morgan fingerprint density at radius 3 is 2.60 bits per heavy atom. The minimum absolute atomic E-state index is 0.104. The molecule has 150 valence electrons. The van der Waals surface area contributed by atoms with Gasteiger partial charge in [0.2, 0.25) is 5.89 Å². The fraction of sp³-hybridized carbons (Fsp3) is 0. The number of rotatable bonds is 4. The summed E-state index contributed by atoms with van der Waals surface area (Å²) in [6.45, 7) is 0. The molecule has 0 fully saturated rings. The van der Waals surface area contributed by atoms with Crippen molar-refractivity contribution in [1.82, 2.24) is 4.98 Å². The second-order valence-corrected chi connectivity index (χ2v) is 7.95. The molecule has 0 radical (unpaired) electrons. The number of phenols is 1. The summed E-state index contributed by atoms with van der Waals surface area (Å²) >= 11 is 6.50. The number of fused-ring (bicyclic) bond motifs is 1. The van der Waals surface area contributed by atoms with Crippen molar-refractivity contribution in [3.8, 4) is 17.2 Å². The second kappa shape index (κ2) is 7.88. The number of nitro benzene ring substituents is 1. The Morgan fingerprint density at radius 1 is 1.07 bits per heavy atom. The Morgan fingerprint density at radius 2 is 1.87 bits per heavy atom. The van der Waals surface area contributed by atoms with Gasteiger partial charge in [-0.15, -0.1) is 0 Å². The number of aromatic hydroxyl groups is 1. The zero-order valence-corrected chi connectivity index (χ0v) is 18.1. The summed E-state index contributed by atoms with van der Waals surface area (Å²) in [6.07, 6.45) is 0. The van der Waals surface area contributed by atoms with E-state index < -0.39 is 10.8 Å². The lowest BCUT2D eigenvalue weighted by molar-refractivity contribution is -0.384. The van der Waals surface area contributed by atoms with Crippen molar-refractivity contribution in [2.75, 3.05) is 5.32 Å². The molecule has 1 amide bonds. The maximum atomic E-state index is 12.6. The van der Waals surface area contributed by atoms with Crippen LogP contribution in [0.5, 0.6) is 5.75 Å². The van der Waals surface area contributed by atoms with Crippen LogP contribution in [0, 0.1) is 10.1 Å². The number of amides is 1. The molecule has 0 saturated heterocycles. The van der Waals surface area contributed by atoms with E-state index in [0.29, 0.717) is 37.2 Å². The number of nitro groups is 1. The summed E-state index contributed by atoms with van der Waals surface area (Å²) in [5.41, 5.74) is 2.12. The number of benzene rings is 3. The molecule has 4 rings (SSSR count). The number of carbonyl (C=O) groups is 1. The largest absolute Gasteiger partial charge is 0.507 e. The number of nitrogens with one attached hydrogen (secondary N) is 1. The summed E-state index contributed by atoms with van der Waals surface area (Å²) in [4.78, 5) is 27.4. The van der Waals surface area contributed by atoms with E-state index in [2.05, 4.69) is 42.2 Å². The zero-order valence-electron chi connectivity index (χ0n) is 14.9. The number of non-ortho nitro benzene ring substituents is 1. The minimum Gasteiger partial charge on any atom is -0.507 e. The molecule has 1 heterocycles. The molecular formula is C20H11Br2N3O5. The van der Waals surface area contributed by atoms with E-state index in [9.17, 15) is 20.0 Å². The van der Waals surface area contributed by atoms with Gasteiger partial charge in [-0.1, -0.05) is 0 Å². The van der Waals surface area contributed by atoms with Gasteiger partial charge in [-0.3, -0.25) is 14.9 Å². The van der Waals surface area contributed by atoms with Crippen LogP contribution in [0.2, 0.25) is 0 Å². The Bertz CT molecular complexity index is 1320. The normalized spacial score (nSPS) is 10.9. The van der Waals surface area contributed by atoms with Gasteiger partial charge >= 0.3 is 0 Å². The number of hydrogen-bond acceptors (Lipinski definition) is 6. The lowest BCUT2D eigenvalue weighted by atomic mass is 10.2. The summed E-state index contributed by atoms with van der Waals surface area (Å²) in [6, 6.07) is 13.8. The van der Waals surface area contributed by atoms with Crippen LogP contribution in [-0.4, -0.2) is 20.9 Å². The van der Waals surface area contributed by atoms with Gasteiger partial charge in [0, 0.05) is 27.9 Å². The van der Waals surface area contributed by atoms with Crippen LogP contribution < -0.4 is 5.32 Å². The first-order valence-corrected chi connectivity index (χ1v) is 10.1. The molecule has 0 bridgehead atoms. The quantitative estimate of drug-likeness (QED) is 0.250. The fourth-order valence-electron chi connectivity index (χ4n) is 2.77. The van der Waals surface area contributed by atoms with E-state index in [-0.39, 0.29) is 17.0 Å². The van der Waals surface area contributed by atoms with E-state index in [0.717, 1.165) is 0 Å². The second-order valence-electron chi connectivity index (χ2n) is 6.24. The molecule has 8 nitrogen and oxygen atoms in total. The highest BCUT2D eigenvalue weighted by Crippen LogP contribution is 2.32. The zero-order chi connectivity index (χ0) is 21.4. The van der Waals surface area contributed by atoms with Crippen molar-refractivity contribution >= 4 is 60.2 Å². The average molecular weight is 533 g/mol. The number of halogens is 2. The third-order valence-corrected chi connectivity index (χ3v) is 5.57. The number of anilines is 1. The van der Waals surface area contributed by atoms with Gasteiger partial charge in [0.1, 0.15) is 11.3 Å². The third-order valence-electron chi connectivity index (χ3n) is 4.25. The van der Waals surface area contributed by atoms with E-state index in [1.165, 1.54) is 24.3 Å². The number of nitrogens with zero attached hydrogens (tertiary/aromatic N) is 2. The lowest BCUT2D eigenvalue weighted by Crippen LogP contribution is -2.12. The molecule has 0 aliphatic rings. The van der Waals surface area contributed by atoms with Gasteiger partial charge < -0.3 is 14.8 Å². The number of phenolic OH excluding ortho intramolecular Hbond substituents is 1. The molecule has 4 aromatic rings. The monoisotopic (exact) mass is 531 g/mol. The van der Waals surface area contributed by atoms with Crippen molar-refractivity contribution in [3.05, 3.63) is 79.2 Å². The number of oxazole rings is 1. The van der Waals surface area contributed by atoms with Crippen LogP contribution in [0.3, 0.4) is 0 Å². The highest BCUT2D eigenvalue weighted by Gasteiger charge is 2.17. The summed E-state index contributed by atoms with van der Waals surface area (Å²) in [7, 11) is 0. The number of aromatic nitrogens is 1. The Kier molecular flexibility index (Phi) is 5.27. The predicted octanol–water partition coefficient (Wildman–Crippen LogP) is 5.89. The lowest BCUT2D eigenvalue weighted by Gasteiger charge is -2.06. The first-order valence-electron chi connectivity index (χ1n) is 8.46. The van der Waals surface area contributed by atoms with E-state index in [1.807, 2.05) is 0 Å². The topological polar surface area (TPSA) is 118 Å². The molecule has 2 N–H and O–H groups in total.